The van der Waals surface area contributed by atoms with Gasteiger partial charge in [0, 0.05) is 31.8 Å². The fourth-order valence-electron chi connectivity index (χ4n) is 2.50. The predicted molar refractivity (Wildman–Crippen MR) is 121 cm³/mol. The van der Waals surface area contributed by atoms with Gasteiger partial charge in [0.15, 0.2) is 5.96 Å². The Kier molecular flexibility index (Phi) is 11.3. The van der Waals surface area contributed by atoms with Crippen LogP contribution in [0.5, 0.6) is 0 Å². The van der Waals surface area contributed by atoms with E-state index < -0.39 is 0 Å². The standard InChI is InChI=1S/C20H26ClN3O.HI/c1-3-25-15-18-9-5-4-8-17(18)14-24-20(22-2)23-12-11-16-7-6-10-19(21)13-16;/h4-10,13H,3,11-12,14-15H2,1-2H3,(H2,22,23,24);1H. The zero-order chi connectivity index (χ0) is 17.9. The van der Waals surface area contributed by atoms with Crippen LogP contribution in [-0.2, 0) is 24.3 Å². The Morgan fingerprint density at radius 3 is 2.54 bits per heavy atom. The molecule has 0 unspecified atom stereocenters. The number of hydrogen-bond acceptors (Lipinski definition) is 2. The van der Waals surface area contributed by atoms with Crippen LogP contribution >= 0.6 is 35.6 Å². The highest BCUT2D eigenvalue weighted by Crippen LogP contribution is 2.11. The van der Waals surface area contributed by atoms with E-state index in [1.165, 1.54) is 16.7 Å². The molecule has 0 heterocycles. The number of halogens is 2. The Morgan fingerprint density at radius 2 is 1.85 bits per heavy atom. The van der Waals surface area contributed by atoms with E-state index in [0.717, 1.165) is 23.9 Å². The summed E-state index contributed by atoms with van der Waals surface area (Å²) in [4.78, 5) is 4.28. The fourth-order valence-corrected chi connectivity index (χ4v) is 2.71. The molecule has 0 radical (unpaired) electrons. The van der Waals surface area contributed by atoms with Crippen molar-refractivity contribution in [3.8, 4) is 0 Å². The molecule has 0 amide bonds. The highest BCUT2D eigenvalue weighted by atomic mass is 127. The summed E-state index contributed by atoms with van der Waals surface area (Å²) in [6.45, 7) is 4.86. The molecule has 6 heteroatoms. The number of benzene rings is 2. The van der Waals surface area contributed by atoms with Crippen LogP contribution in [-0.4, -0.2) is 26.2 Å². The van der Waals surface area contributed by atoms with Gasteiger partial charge in [-0.3, -0.25) is 4.99 Å². The molecule has 0 atom stereocenters. The van der Waals surface area contributed by atoms with Gasteiger partial charge in [-0.15, -0.1) is 24.0 Å². The van der Waals surface area contributed by atoms with Crippen molar-refractivity contribution in [3.05, 3.63) is 70.2 Å². The van der Waals surface area contributed by atoms with E-state index in [0.29, 0.717) is 19.8 Å². The quantitative estimate of drug-likeness (QED) is 0.330. The van der Waals surface area contributed by atoms with Crippen LogP contribution in [0.2, 0.25) is 5.02 Å². The van der Waals surface area contributed by atoms with Crippen molar-refractivity contribution in [2.24, 2.45) is 4.99 Å². The first-order valence-corrected chi connectivity index (χ1v) is 8.94. The predicted octanol–water partition coefficient (Wildman–Crippen LogP) is 4.40. The van der Waals surface area contributed by atoms with Crippen LogP contribution in [0.25, 0.3) is 0 Å². The molecule has 2 aromatic carbocycles. The van der Waals surface area contributed by atoms with E-state index >= 15 is 0 Å². The average molecular weight is 488 g/mol. The summed E-state index contributed by atoms with van der Waals surface area (Å²) in [5.41, 5.74) is 3.62. The summed E-state index contributed by atoms with van der Waals surface area (Å²) in [6, 6.07) is 16.2. The lowest BCUT2D eigenvalue weighted by molar-refractivity contribution is 0.133. The molecule has 0 aliphatic heterocycles. The maximum Gasteiger partial charge on any atom is 0.191 e. The molecule has 0 aliphatic carbocycles. The lowest BCUT2D eigenvalue weighted by atomic mass is 10.1. The van der Waals surface area contributed by atoms with Gasteiger partial charge in [0.2, 0.25) is 0 Å². The third kappa shape index (κ3) is 7.93. The highest BCUT2D eigenvalue weighted by Gasteiger charge is 2.04. The molecular weight excluding hydrogens is 461 g/mol. The second-order valence-electron chi connectivity index (χ2n) is 5.64. The second-order valence-corrected chi connectivity index (χ2v) is 6.07. The Hall–Kier alpha value is -1.31. The van der Waals surface area contributed by atoms with Gasteiger partial charge in [-0.25, -0.2) is 0 Å². The molecule has 142 valence electrons. The van der Waals surface area contributed by atoms with Gasteiger partial charge in [-0.1, -0.05) is 48.0 Å². The largest absolute Gasteiger partial charge is 0.377 e. The number of aliphatic imine (C=N–C) groups is 1. The summed E-state index contributed by atoms with van der Waals surface area (Å²) in [7, 11) is 1.78. The molecule has 2 rings (SSSR count). The number of rotatable bonds is 8. The van der Waals surface area contributed by atoms with E-state index in [2.05, 4.69) is 33.8 Å². The third-order valence-corrected chi connectivity index (χ3v) is 4.08. The average Bonchev–Trinajstić information content (AvgIpc) is 2.63. The first-order valence-electron chi connectivity index (χ1n) is 8.56. The molecular formula is C20H27ClIN3O. The van der Waals surface area contributed by atoms with E-state index in [-0.39, 0.29) is 24.0 Å². The van der Waals surface area contributed by atoms with Gasteiger partial charge in [0.25, 0.3) is 0 Å². The van der Waals surface area contributed by atoms with Crippen LogP contribution in [0.1, 0.15) is 23.6 Å². The maximum absolute atomic E-state index is 6.02. The molecule has 4 nitrogen and oxygen atoms in total. The van der Waals surface area contributed by atoms with Crippen molar-refractivity contribution >= 4 is 41.5 Å². The van der Waals surface area contributed by atoms with Gasteiger partial charge in [-0.05, 0) is 42.2 Å². The Morgan fingerprint density at radius 1 is 1.08 bits per heavy atom. The minimum Gasteiger partial charge on any atom is -0.377 e. The number of guanidine groups is 1. The molecule has 0 bridgehead atoms. The maximum atomic E-state index is 6.02. The van der Waals surface area contributed by atoms with E-state index in [1.807, 2.05) is 37.3 Å². The van der Waals surface area contributed by atoms with Gasteiger partial charge in [0.1, 0.15) is 0 Å². The van der Waals surface area contributed by atoms with Crippen molar-refractivity contribution in [2.45, 2.75) is 26.5 Å². The topological polar surface area (TPSA) is 45.6 Å². The molecule has 2 aromatic rings. The lowest BCUT2D eigenvalue weighted by Gasteiger charge is -2.14. The monoisotopic (exact) mass is 487 g/mol. The van der Waals surface area contributed by atoms with Crippen LogP contribution in [0.15, 0.2) is 53.5 Å². The molecule has 0 aromatic heterocycles. The number of ether oxygens (including phenoxy) is 1. The van der Waals surface area contributed by atoms with Crippen molar-refractivity contribution < 1.29 is 4.74 Å². The normalized spacial score (nSPS) is 11.0. The van der Waals surface area contributed by atoms with E-state index in [1.54, 1.807) is 7.05 Å². The summed E-state index contributed by atoms with van der Waals surface area (Å²) < 4.78 is 5.53. The van der Waals surface area contributed by atoms with Crippen LogP contribution in [0.3, 0.4) is 0 Å². The molecule has 0 aliphatic rings. The van der Waals surface area contributed by atoms with E-state index in [9.17, 15) is 0 Å². The summed E-state index contributed by atoms with van der Waals surface area (Å²) >= 11 is 6.02. The Bertz CT molecular complexity index is 694. The number of hydrogen-bond donors (Lipinski definition) is 2. The summed E-state index contributed by atoms with van der Waals surface area (Å²) in [5, 5.41) is 7.46. The van der Waals surface area contributed by atoms with Crippen LogP contribution in [0.4, 0.5) is 0 Å². The first kappa shape index (κ1) is 22.7. The van der Waals surface area contributed by atoms with Crippen LogP contribution in [0, 0.1) is 0 Å². The SMILES string of the molecule is CCOCc1ccccc1CNC(=NC)NCCc1cccc(Cl)c1.I. The number of nitrogens with one attached hydrogen (secondary N) is 2. The molecule has 0 saturated carbocycles. The minimum atomic E-state index is 0. The molecule has 2 N–H and O–H groups in total. The highest BCUT2D eigenvalue weighted by molar-refractivity contribution is 14.0. The summed E-state index contributed by atoms with van der Waals surface area (Å²) in [6.07, 6.45) is 0.891. The van der Waals surface area contributed by atoms with Crippen molar-refractivity contribution in [3.63, 3.8) is 0 Å². The summed E-state index contributed by atoms with van der Waals surface area (Å²) in [5.74, 6) is 0.785. The molecule has 26 heavy (non-hydrogen) atoms. The first-order chi connectivity index (χ1) is 12.2. The van der Waals surface area contributed by atoms with Crippen LogP contribution < -0.4 is 10.6 Å². The second kappa shape index (κ2) is 12.9. The Labute approximate surface area is 178 Å². The third-order valence-electron chi connectivity index (χ3n) is 3.85. The van der Waals surface area contributed by atoms with Gasteiger partial charge < -0.3 is 15.4 Å². The van der Waals surface area contributed by atoms with Crippen molar-refractivity contribution in [1.29, 1.82) is 0 Å². The zero-order valence-corrected chi connectivity index (χ0v) is 18.4. The van der Waals surface area contributed by atoms with Gasteiger partial charge >= 0.3 is 0 Å². The number of nitrogens with zero attached hydrogens (tertiary/aromatic N) is 1. The van der Waals surface area contributed by atoms with Crippen molar-refractivity contribution in [1.82, 2.24) is 10.6 Å². The molecule has 0 saturated heterocycles. The Balaban J connectivity index is 0.00000338. The fraction of sp³-hybridized carbons (Fsp3) is 0.350. The minimum absolute atomic E-state index is 0. The molecule has 0 fully saturated rings. The molecule has 0 spiro atoms. The van der Waals surface area contributed by atoms with E-state index in [4.69, 9.17) is 16.3 Å². The van der Waals surface area contributed by atoms with Gasteiger partial charge in [-0.2, -0.15) is 0 Å². The smallest absolute Gasteiger partial charge is 0.191 e. The zero-order valence-electron chi connectivity index (χ0n) is 15.3. The lowest BCUT2D eigenvalue weighted by Crippen LogP contribution is -2.38. The van der Waals surface area contributed by atoms with Crippen molar-refractivity contribution in [2.75, 3.05) is 20.2 Å². The van der Waals surface area contributed by atoms with Gasteiger partial charge in [0.05, 0.1) is 6.61 Å².